The van der Waals surface area contributed by atoms with Gasteiger partial charge in [-0.15, -0.1) is 0 Å². The molecule has 2 heterocycles. The fraction of sp³-hybridized carbons (Fsp3) is 0.280. The third-order valence-electron chi connectivity index (χ3n) is 5.73. The van der Waals surface area contributed by atoms with Gasteiger partial charge in [-0.1, -0.05) is 6.07 Å². The molecule has 34 heavy (non-hydrogen) atoms. The van der Waals surface area contributed by atoms with Crippen molar-refractivity contribution >= 4 is 23.0 Å². The Morgan fingerprint density at radius 1 is 1.12 bits per heavy atom. The zero-order valence-corrected chi connectivity index (χ0v) is 19.0. The summed E-state index contributed by atoms with van der Waals surface area (Å²) in [5.41, 5.74) is 2.93. The number of piperazine rings is 1. The van der Waals surface area contributed by atoms with Crippen LogP contribution in [0.2, 0.25) is 0 Å². The van der Waals surface area contributed by atoms with Crippen LogP contribution in [0.1, 0.15) is 22.8 Å². The van der Waals surface area contributed by atoms with Crippen molar-refractivity contribution in [1.82, 2.24) is 9.88 Å². The second kappa shape index (κ2) is 10.7. The quantitative estimate of drug-likeness (QED) is 0.400. The number of hydrogen-bond acceptors (Lipinski definition) is 7. The van der Waals surface area contributed by atoms with Gasteiger partial charge in [0.1, 0.15) is 11.4 Å². The van der Waals surface area contributed by atoms with Crippen LogP contribution in [0.3, 0.4) is 0 Å². The molecule has 3 aromatic rings. The summed E-state index contributed by atoms with van der Waals surface area (Å²) in [6.45, 7) is 5.36. The number of ether oxygens (including phenoxy) is 1. The molecule has 0 radical (unpaired) electrons. The summed E-state index contributed by atoms with van der Waals surface area (Å²) in [6.07, 6.45) is 3.41. The van der Waals surface area contributed by atoms with Gasteiger partial charge in [0.25, 0.3) is 11.6 Å². The molecule has 1 aromatic heterocycles. The van der Waals surface area contributed by atoms with Crippen molar-refractivity contribution in [3.63, 3.8) is 0 Å². The van der Waals surface area contributed by atoms with Gasteiger partial charge in [-0.3, -0.25) is 19.9 Å². The van der Waals surface area contributed by atoms with Gasteiger partial charge in [0.05, 0.1) is 11.5 Å². The average molecular weight is 462 g/mol. The van der Waals surface area contributed by atoms with Crippen LogP contribution in [0.4, 0.5) is 17.1 Å². The van der Waals surface area contributed by atoms with Crippen LogP contribution >= 0.6 is 0 Å². The first-order chi connectivity index (χ1) is 16.5. The van der Waals surface area contributed by atoms with E-state index in [1.165, 1.54) is 6.07 Å². The summed E-state index contributed by atoms with van der Waals surface area (Å²) >= 11 is 0. The number of rotatable bonds is 8. The minimum absolute atomic E-state index is 0.00905. The monoisotopic (exact) mass is 461 g/mol. The van der Waals surface area contributed by atoms with Gasteiger partial charge in [0.2, 0.25) is 0 Å². The van der Waals surface area contributed by atoms with Crippen molar-refractivity contribution in [2.75, 3.05) is 43.0 Å². The largest absolute Gasteiger partial charge is 0.494 e. The number of pyridine rings is 1. The molecule has 0 unspecified atom stereocenters. The summed E-state index contributed by atoms with van der Waals surface area (Å²) < 4.78 is 5.44. The molecule has 0 atom stereocenters. The lowest BCUT2D eigenvalue weighted by atomic mass is 10.1. The van der Waals surface area contributed by atoms with Crippen LogP contribution in [0.5, 0.6) is 5.75 Å². The fourth-order valence-electron chi connectivity index (χ4n) is 3.93. The van der Waals surface area contributed by atoms with Crippen molar-refractivity contribution in [3.05, 3.63) is 88.2 Å². The van der Waals surface area contributed by atoms with Gasteiger partial charge >= 0.3 is 0 Å². The molecule has 1 aliphatic rings. The Kier molecular flexibility index (Phi) is 7.22. The Labute approximate surface area is 198 Å². The van der Waals surface area contributed by atoms with E-state index in [1.54, 1.807) is 36.7 Å². The molecule has 9 nitrogen and oxygen atoms in total. The normalized spacial score (nSPS) is 13.4. The number of nitrogens with zero attached hydrogens (tertiary/aromatic N) is 4. The van der Waals surface area contributed by atoms with E-state index in [0.717, 1.165) is 17.0 Å². The summed E-state index contributed by atoms with van der Waals surface area (Å²) in [7, 11) is 0. The van der Waals surface area contributed by atoms with Crippen LogP contribution in [0, 0.1) is 10.1 Å². The zero-order chi connectivity index (χ0) is 23.9. The molecular formula is C25H27N5O4. The van der Waals surface area contributed by atoms with Gasteiger partial charge in [0, 0.05) is 62.4 Å². The number of carbonyl (C=O) groups is 1. The molecule has 2 aromatic carbocycles. The van der Waals surface area contributed by atoms with E-state index in [2.05, 4.69) is 15.2 Å². The number of carbonyl (C=O) groups excluding carboxylic acids is 1. The van der Waals surface area contributed by atoms with Crippen LogP contribution in [0.15, 0.2) is 67.0 Å². The summed E-state index contributed by atoms with van der Waals surface area (Å²) in [5.74, 6) is 0.736. The maximum atomic E-state index is 12.9. The third kappa shape index (κ3) is 5.43. The van der Waals surface area contributed by atoms with E-state index >= 15 is 0 Å². The molecular weight excluding hydrogens is 434 g/mol. The lowest BCUT2D eigenvalue weighted by Gasteiger charge is -2.36. The summed E-state index contributed by atoms with van der Waals surface area (Å²) in [6, 6.07) is 16.0. The van der Waals surface area contributed by atoms with Gasteiger partial charge < -0.3 is 19.9 Å². The Bertz CT molecular complexity index is 1130. The molecule has 1 N–H and O–H groups in total. The minimum atomic E-state index is -0.386. The van der Waals surface area contributed by atoms with Crippen molar-refractivity contribution in [1.29, 1.82) is 0 Å². The second-order valence-corrected chi connectivity index (χ2v) is 7.91. The van der Waals surface area contributed by atoms with E-state index in [1.807, 2.05) is 36.1 Å². The molecule has 0 bridgehead atoms. The lowest BCUT2D eigenvalue weighted by Crippen LogP contribution is -2.48. The van der Waals surface area contributed by atoms with E-state index in [4.69, 9.17) is 4.74 Å². The predicted molar refractivity (Wildman–Crippen MR) is 130 cm³/mol. The molecule has 176 valence electrons. The summed E-state index contributed by atoms with van der Waals surface area (Å²) in [5, 5.41) is 14.7. The number of nitro benzene ring substituents is 1. The van der Waals surface area contributed by atoms with E-state index < -0.39 is 0 Å². The van der Waals surface area contributed by atoms with Gasteiger partial charge in [-0.2, -0.15) is 0 Å². The Hall–Kier alpha value is -4.14. The summed E-state index contributed by atoms with van der Waals surface area (Å²) in [4.78, 5) is 32.1. The van der Waals surface area contributed by atoms with Crippen molar-refractivity contribution in [2.24, 2.45) is 0 Å². The number of hydrogen-bond donors (Lipinski definition) is 1. The Balaban J connectivity index is 1.41. The van der Waals surface area contributed by atoms with Gasteiger partial charge in [-0.25, -0.2) is 0 Å². The molecule has 0 aliphatic carbocycles. The highest BCUT2D eigenvalue weighted by Crippen LogP contribution is 2.30. The molecule has 1 amide bonds. The SMILES string of the molecule is CCOc1ccc(C(=O)N2CCN(c3ccc([N+](=O)[O-])c(NCc4cccnc4)c3)CC2)cc1. The third-order valence-corrected chi connectivity index (χ3v) is 5.73. The highest BCUT2D eigenvalue weighted by molar-refractivity contribution is 5.94. The first-order valence-electron chi connectivity index (χ1n) is 11.2. The van der Waals surface area contributed by atoms with Crippen LogP contribution < -0.4 is 15.0 Å². The van der Waals surface area contributed by atoms with Crippen LogP contribution in [-0.4, -0.2) is 53.5 Å². The lowest BCUT2D eigenvalue weighted by molar-refractivity contribution is -0.384. The number of nitro groups is 1. The number of benzene rings is 2. The fourth-order valence-corrected chi connectivity index (χ4v) is 3.93. The van der Waals surface area contributed by atoms with E-state index in [9.17, 15) is 14.9 Å². The van der Waals surface area contributed by atoms with Crippen molar-refractivity contribution in [3.8, 4) is 5.75 Å². The smallest absolute Gasteiger partial charge is 0.292 e. The van der Waals surface area contributed by atoms with Crippen molar-refractivity contribution in [2.45, 2.75) is 13.5 Å². The molecule has 1 saturated heterocycles. The molecule has 0 spiro atoms. The standard InChI is InChI=1S/C25H27N5O4/c1-2-34-22-8-5-20(6-9-22)25(31)29-14-12-28(13-15-29)21-7-10-24(30(32)33)23(16-21)27-18-19-4-3-11-26-17-19/h3-11,16-17,27H,2,12-15,18H2,1H3. The Morgan fingerprint density at radius 2 is 1.88 bits per heavy atom. The van der Waals surface area contributed by atoms with Crippen molar-refractivity contribution < 1.29 is 14.5 Å². The number of nitrogens with one attached hydrogen (secondary N) is 1. The maximum absolute atomic E-state index is 12.9. The number of amides is 1. The first-order valence-corrected chi connectivity index (χ1v) is 11.2. The Morgan fingerprint density at radius 3 is 2.53 bits per heavy atom. The van der Waals surface area contributed by atoms with E-state index in [-0.39, 0.29) is 16.5 Å². The molecule has 1 aliphatic heterocycles. The van der Waals surface area contributed by atoms with Gasteiger partial charge in [0.15, 0.2) is 0 Å². The molecule has 9 heteroatoms. The second-order valence-electron chi connectivity index (χ2n) is 7.91. The first kappa shape index (κ1) is 23.0. The van der Waals surface area contributed by atoms with Crippen LogP contribution in [0.25, 0.3) is 0 Å². The molecule has 4 rings (SSSR count). The van der Waals surface area contributed by atoms with Gasteiger partial charge in [-0.05, 0) is 55.0 Å². The predicted octanol–water partition coefficient (Wildman–Crippen LogP) is 3.96. The number of anilines is 2. The average Bonchev–Trinajstić information content (AvgIpc) is 2.88. The number of aromatic nitrogens is 1. The minimum Gasteiger partial charge on any atom is -0.494 e. The highest BCUT2D eigenvalue weighted by Gasteiger charge is 2.24. The topological polar surface area (TPSA) is 101 Å². The van der Waals surface area contributed by atoms with E-state index in [0.29, 0.717) is 50.6 Å². The zero-order valence-electron chi connectivity index (χ0n) is 19.0. The highest BCUT2D eigenvalue weighted by atomic mass is 16.6. The molecule has 1 fully saturated rings. The maximum Gasteiger partial charge on any atom is 0.292 e. The van der Waals surface area contributed by atoms with Crippen LogP contribution in [-0.2, 0) is 6.54 Å². The molecule has 0 saturated carbocycles.